The normalized spacial score (nSPS) is 11.0. The summed E-state index contributed by atoms with van der Waals surface area (Å²) < 4.78 is 5.79. The molecule has 3 aromatic rings. The average Bonchev–Trinajstić information content (AvgIpc) is 2.79. The molecule has 1 aromatic heterocycles. The highest BCUT2D eigenvalue weighted by Crippen LogP contribution is 2.08. The molecule has 31 heavy (non-hydrogen) atoms. The molecule has 5 nitrogen and oxygen atoms in total. The van der Waals surface area contributed by atoms with E-state index in [1.165, 1.54) is 11.1 Å². The molecule has 7 heteroatoms. The first-order valence-corrected chi connectivity index (χ1v) is 10.3. The molecule has 0 saturated heterocycles. The zero-order valence-electron chi connectivity index (χ0n) is 17.6. The summed E-state index contributed by atoms with van der Waals surface area (Å²) in [5.41, 5.74) is 4.66. The van der Waals surface area contributed by atoms with E-state index in [-0.39, 0.29) is 24.0 Å². The van der Waals surface area contributed by atoms with E-state index >= 15 is 0 Å². The Morgan fingerprint density at radius 2 is 1.52 bits per heavy atom. The minimum atomic E-state index is 0. The van der Waals surface area contributed by atoms with Crippen molar-refractivity contribution in [1.29, 1.82) is 0 Å². The van der Waals surface area contributed by atoms with Crippen LogP contribution in [-0.4, -0.2) is 24.5 Å². The number of halogens is 2. The van der Waals surface area contributed by atoms with Gasteiger partial charge in [-0.2, -0.15) is 0 Å². The van der Waals surface area contributed by atoms with Crippen molar-refractivity contribution in [3.63, 3.8) is 0 Å². The fourth-order valence-electron chi connectivity index (χ4n) is 2.90. The van der Waals surface area contributed by atoms with Gasteiger partial charge in [0.1, 0.15) is 5.15 Å². The summed E-state index contributed by atoms with van der Waals surface area (Å²) in [7, 11) is 1.77. The second-order valence-corrected chi connectivity index (χ2v) is 7.27. The predicted molar refractivity (Wildman–Crippen MR) is 138 cm³/mol. The summed E-state index contributed by atoms with van der Waals surface area (Å²) >= 11 is 5.82. The summed E-state index contributed by atoms with van der Waals surface area (Å²) in [5, 5.41) is 7.16. The van der Waals surface area contributed by atoms with Crippen molar-refractivity contribution in [3.8, 4) is 0 Å². The second kappa shape index (κ2) is 14.0. The minimum absolute atomic E-state index is 0. The summed E-state index contributed by atoms with van der Waals surface area (Å²) in [6, 6.07) is 22.4. The second-order valence-electron chi connectivity index (χ2n) is 6.89. The van der Waals surface area contributed by atoms with Gasteiger partial charge in [0.25, 0.3) is 0 Å². The topological polar surface area (TPSA) is 58.5 Å². The van der Waals surface area contributed by atoms with Crippen LogP contribution in [0, 0.1) is 0 Å². The maximum absolute atomic E-state index is 5.82. The fourth-order valence-corrected chi connectivity index (χ4v) is 3.01. The van der Waals surface area contributed by atoms with Gasteiger partial charge in [-0.15, -0.1) is 24.0 Å². The van der Waals surface area contributed by atoms with Crippen LogP contribution in [0.2, 0.25) is 5.15 Å². The van der Waals surface area contributed by atoms with Crippen molar-refractivity contribution < 1.29 is 4.74 Å². The van der Waals surface area contributed by atoms with E-state index in [0.29, 0.717) is 24.9 Å². The van der Waals surface area contributed by atoms with Gasteiger partial charge in [-0.25, -0.2) is 4.98 Å². The van der Waals surface area contributed by atoms with Gasteiger partial charge in [0.2, 0.25) is 0 Å². The lowest BCUT2D eigenvalue weighted by molar-refractivity contribution is 0.107. The van der Waals surface area contributed by atoms with Crippen LogP contribution < -0.4 is 10.6 Å². The van der Waals surface area contributed by atoms with Crippen LogP contribution >= 0.6 is 35.6 Å². The van der Waals surface area contributed by atoms with Crippen molar-refractivity contribution in [2.45, 2.75) is 26.2 Å². The van der Waals surface area contributed by atoms with Gasteiger partial charge in [0.05, 0.1) is 13.2 Å². The van der Waals surface area contributed by atoms with E-state index < -0.39 is 0 Å². The Morgan fingerprint density at radius 3 is 2.16 bits per heavy atom. The van der Waals surface area contributed by atoms with Crippen LogP contribution in [0.5, 0.6) is 0 Å². The number of nitrogens with one attached hydrogen (secondary N) is 2. The monoisotopic (exact) mass is 550 g/mol. The molecule has 0 atom stereocenters. The van der Waals surface area contributed by atoms with Crippen LogP contribution in [-0.2, 0) is 30.9 Å². The summed E-state index contributed by atoms with van der Waals surface area (Å²) in [6.07, 6.45) is 2.65. The summed E-state index contributed by atoms with van der Waals surface area (Å²) in [6.45, 7) is 2.69. The molecule has 0 aliphatic carbocycles. The third-order valence-electron chi connectivity index (χ3n) is 4.58. The van der Waals surface area contributed by atoms with E-state index in [0.717, 1.165) is 30.1 Å². The maximum atomic E-state index is 5.82. The number of guanidine groups is 1. The van der Waals surface area contributed by atoms with Crippen molar-refractivity contribution in [3.05, 3.63) is 100 Å². The lowest BCUT2D eigenvalue weighted by Gasteiger charge is -2.12. The Morgan fingerprint density at radius 1 is 0.871 bits per heavy atom. The van der Waals surface area contributed by atoms with Gasteiger partial charge in [-0.1, -0.05) is 72.3 Å². The first-order chi connectivity index (χ1) is 14.7. The number of aliphatic imine (C=N–C) groups is 1. The number of ether oxygens (including phenoxy) is 1. The number of benzene rings is 2. The van der Waals surface area contributed by atoms with Crippen molar-refractivity contribution >= 4 is 41.5 Å². The lowest BCUT2D eigenvalue weighted by atomic mass is 10.1. The number of hydrogen-bond donors (Lipinski definition) is 2. The average molecular weight is 551 g/mol. The first-order valence-electron chi connectivity index (χ1n) is 9.97. The first kappa shape index (κ1) is 25.1. The molecule has 0 unspecified atom stereocenters. The van der Waals surface area contributed by atoms with Crippen molar-refractivity contribution in [2.75, 3.05) is 13.6 Å². The highest BCUT2D eigenvalue weighted by atomic mass is 127. The van der Waals surface area contributed by atoms with Gasteiger partial charge < -0.3 is 15.4 Å². The predicted octanol–water partition coefficient (Wildman–Crippen LogP) is 4.98. The molecule has 0 bridgehead atoms. The molecule has 164 valence electrons. The number of aromatic nitrogens is 1. The molecule has 0 aliphatic heterocycles. The molecule has 1 heterocycles. The highest BCUT2D eigenvalue weighted by Gasteiger charge is 2.01. The smallest absolute Gasteiger partial charge is 0.191 e. The number of hydrogen-bond acceptors (Lipinski definition) is 3. The Balaban J connectivity index is 0.00000341. The molecule has 0 radical (unpaired) electrons. The zero-order valence-corrected chi connectivity index (χ0v) is 20.6. The van der Waals surface area contributed by atoms with Crippen LogP contribution in [0.3, 0.4) is 0 Å². The van der Waals surface area contributed by atoms with Gasteiger partial charge in [0.15, 0.2) is 5.96 Å². The number of pyridine rings is 1. The van der Waals surface area contributed by atoms with Gasteiger partial charge in [-0.05, 0) is 34.7 Å². The Bertz CT molecular complexity index is 919. The molecule has 0 aliphatic rings. The van der Waals surface area contributed by atoms with Crippen molar-refractivity contribution in [1.82, 2.24) is 15.6 Å². The van der Waals surface area contributed by atoms with Gasteiger partial charge in [0, 0.05) is 26.3 Å². The Hall–Kier alpha value is -2.16. The molecule has 2 aromatic carbocycles. The largest absolute Gasteiger partial charge is 0.372 e. The van der Waals surface area contributed by atoms with Crippen molar-refractivity contribution in [2.24, 2.45) is 4.99 Å². The number of nitrogens with zero attached hydrogens (tertiary/aromatic N) is 2. The molecule has 0 spiro atoms. The standard InChI is InChI=1S/C24H27ClN4O.HI/c1-26-24(27-14-13-20-11-12-23(25)28-15-20)29-16-19-7-9-22(10-8-19)18-30-17-21-5-3-2-4-6-21;/h2-12,15H,13-14,16-18H2,1H3,(H2,26,27,29);1H. The van der Waals surface area contributed by atoms with Crippen LogP contribution in [0.4, 0.5) is 0 Å². The van der Waals surface area contributed by atoms with Crippen LogP contribution in [0.1, 0.15) is 22.3 Å². The summed E-state index contributed by atoms with van der Waals surface area (Å²) in [5.74, 6) is 0.771. The minimum Gasteiger partial charge on any atom is -0.372 e. The van der Waals surface area contributed by atoms with E-state index in [1.54, 1.807) is 19.3 Å². The Labute approximate surface area is 206 Å². The zero-order chi connectivity index (χ0) is 21.0. The van der Waals surface area contributed by atoms with Crippen LogP contribution in [0.15, 0.2) is 77.9 Å². The molecule has 0 fully saturated rings. The fraction of sp³-hybridized carbons (Fsp3) is 0.250. The highest BCUT2D eigenvalue weighted by molar-refractivity contribution is 14.0. The molecule has 3 rings (SSSR count). The van der Waals surface area contributed by atoms with E-state index in [1.807, 2.05) is 24.3 Å². The molecule has 0 amide bonds. The van der Waals surface area contributed by atoms with Crippen LogP contribution in [0.25, 0.3) is 0 Å². The number of rotatable bonds is 9. The Kier molecular flexibility index (Phi) is 11.3. The SMILES string of the molecule is CN=C(NCCc1ccc(Cl)nc1)NCc1ccc(COCc2ccccc2)cc1.I. The van der Waals surface area contributed by atoms with E-state index in [4.69, 9.17) is 16.3 Å². The molecule has 2 N–H and O–H groups in total. The van der Waals surface area contributed by atoms with Gasteiger partial charge in [-0.3, -0.25) is 4.99 Å². The third-order valence-corrected chi connectivity index (χ3v) is 4.81. The quantitative estimate of drug-likeness (QED) is 0.171. The van der Waals surface area contributed by atoms with Gasteiger partial charge >= 0.3 is 0 Å². The third kappa shape index (κ3) is 9.25. The summed E-state index contributed by atoms with van der Waals surface area (Å²) in [4.78, 5) is 8.37. The maximum Gasteiger partial charge on any atom is 0.191 e. The lowest BCUT2D eigenvalue weighted by Crippen LogP contribution is -2.37. The van der Waals surface area contributed by atoms with E-state index in [2.05, 4.69) is 57.0 Å². The van der Waals surface area contributed by atoms with E-state index in [9.17, 15) is 0 Å². The molecular weight excluding hydrogens is 523 g/mol. The molecular formula is C24H28ClIN4O. The molecule has 0 saturated carbocycles.